The van der Waals surface area contributed by atoms with Crippen LogP contribution in [0.4, 0.5) is 21.7 Å². The number of aromatic nitrogens is 4. The van der Waals surface area contributed by atoms with Crippen LogP contribution >= 0.6 is 0 Å². The molecule has 1 aromatic carbocycles. The van der Waals surface area contributed by atoms with E-state index in [9.17, 15) is 9.50 Å². The molecule has 0 aliphatic carbocycles. The highest BCUT2D eigenvalue weighted by molar-refractivity contribution is 5.62. The Kier molecular flexibility index (Phi) is 4.72. The monoisotopic (exact) mass is 382 g/mol. The molecular formula is C20H23FN6O. The summed E-state index contributed by atoms with van der Waals surface area (Å²) in [6.07, 6.45) is 2.57. The van der Waals surface area contributed by atoms with Crippen molar-refractivity contribution in [2.45, 2.75) is 32.9 Å². The fourth-order valence-electron chi connectivity index (χ4n) is 3.44. The van der Waals surface area contributed by atoms with E-state index in [-0.39, 0.29) is 17.8 Å². The van der Waals surface area contributed by atoms with Crippen LogP contribution in [0.2, 0.25) is 0 Å². The normalized spacial score (nSPS) is 14.4. The maximum Gasteiger partial charge on any atom is 0.227 e. The van der Waals surface area contributed by atoms with Gasteiger partial charge in [0.2, 0.25) is 5.95 Å². The molecule has 1 aliphatic rings. The number of benzene rings is 1. The highest BCUT2D eigenvalue weighted by Crippen LogP contribution is 2.27. The van der Waals surface area contributed by atoms with Crippen molar-refractivity contribution in [2.75, 3.05) is 23.3 Å². The van der Waals surface area contributed by atoms with Crippen LogP contribution in [0.3, 0.4) is 0 Å². The van der Waals surface area contributed by atoms with Crippen LogP contribution in [0.1, 0.15) is 25.7 Å². The fraction of sp³-hybridized carbons (Fsp3) is 0.350. The molecule has 0 bridgehead atoms. The number of halogens is 1. The molecular weight excluding hydrogens is 359 g/mol. The van der Waals surface area contributed by atoms with Crippen LogP contribution in [-0.2, 0) is 0 Å². The van der Waals surface area contributed by atoms with Gasteiger partial charge in [0, 0.05) is 30.5 Å². The summed E-state index contributed by atoms with van der Waals surface area (Å²) in [6.45, 7) is 7.24. The van der Waals surface area contributed by atoms with Gasteiger partial charge in [0.15, 0.2) is 5.82 Å². The van der Waals surface area contributed by atoms with Crippen LogP contribution in [0.25, 0.3) is 11.4 Å². The van der Waals surface area contributed by atoms with Gasteiger partial charge >= 0.3 is 0 Å². The molecule has 2 N–H and O–H groups in total. The van der Waals surface area contributed by atoms with Crippen LogP contribution in [0.15, 0.2) is 36.7 Å². The highest BCUT2D eigenvalue weighted by atomic mass is 19.1. The largest absolute Gasteiger partial charge is 0.389 e. The van der Waals surface area contributed by atoms with E-state index in [1.54, 1.807) is 6.20 Å². The Labute approximate surface area is 162 Å². The Hall–Kier alpha value is -3.00. The summed E-state index contributed by atoms with van der Waals surface area (Å²) in [7, 11) is 0. The van der Waals surface area contributed by atoms with Crippen LogP contribution < -0.4 is 10.2 Å². The zero-order valence-electron chi connectivity index (χ0n) is 16.1. The topological polar surface area (TPSA) is 79.1 Å². The number of nitrogens with one attached hydrogen (secondary N) is 1. The van der Waals surface area contributed by atoms with Crippen molar-refractivity contribution in [3.8, 4) is 11.4 Å². The summed E-state index contributed by atoms with van der Waals surface area (Å²) in [6, 6.07) is 7.89. The molecule has 0 amide bonds. The quantitative estimate of drug-likeness (QED) is 0.705. The Balaban J connectivity index is 1.58. The summed E-state index contributed by atoms with van der Waals surface area (Å²) in [5, 5.41) is 12.5. The van der Waals surface area contributed by atoms with E-state index in [1.807, 2.05) is 49.6 Å². The van der Waals surface area contributed by atoms with Crippen molar-refractivity contribution >= 4 is 17.3 Å². The first-order chi connectivity index (χ1) is 13.4. The lowest BCUT2D eigenvalue weighted by atomic mass is 10.1. The van der Waals surface area contributed by atoms with Gasteiger partial charge in [0.1, 0.15) is 11.5 Å². The van der Waals surface area contributed by atoms with Crippen molar-refractivity contribution in [3.05, 3.63) is 48.3 Å². The van der Waals surface area contributed by atoms with E-state index >= 15 is 0 Å². The second-order valence-electron chi connectivity index (χ2n) is 7.28. The first-order valence-corrected chi connectivity index (χ1v) is 9.29. The van der Waals surface area contributed by atoms with Gasteiger partial charge in [0.05, 0.1) is 24.2 Å². The van der Waals surface area contributed by atoms with Gasteiger partial charge in [-0.1, -0.05) is 0 Å². The second-order valence-corrected chi connectivity index (χ2v) is 7.28. The third-order valence-electron chi connectivity index (χ3n) is 4.84. The molecule has 8 heteroatoms. The smallest absolute Gasteiger partial charge is 0.227 e. The van der Waals surface area contributed by atoms with Gasteiger partial charge in [-0.2, -0.15) is 0 Å². The number of hydrogen-bond donors (Lipinski definition) is 2. The van der Waals surface area contributed by atoms with Crippen LogP contribution in [0, 0.1) is 12.7 Å². The minimum Gasteiger partial charge on any atom is -0.389 e. The number of anilines is 3. The molecule has 4 rings (SSSR count). The third-order valence-corrected chi connectivity index (χ3v) is 4.84. The Morgan fingerprint density at radius 1 is 1.14 bits per heavy atom. The molecule has 1 fully saturated rings. The van der Waals surface area contributed by atoms with Crippen molar-refractivity contribution in [3.63, 3.8) is 0 Å². The maximum absolute atomic E-state index is 14.4. The van der Waals surface area contributed by atoms with Gasteiger partial charge in [-0.3, -0.25) is 0 Å². The first-order valence-electron chi connectivity index (χ1n) is 9.29. The predicted octanol–water partition coefficient (Wildman–Crippen LogP) is 3.29. The molecule has 3 aromatic rings. The van der Waals surface area contributed by atoms with E-state index in [4.69, 9.17) is 0 Å². The average molecular weight is 382 g/mol. The van der Waals surface area contributed by atoms with E-state index in [0.29, 0.717) is 24.7 Å². The van der Waals surface area contributed by atoms with Crippen molar-refractivity contribution in [2.24, 2.45) is 0 Å². The molecule has 0 unspecified atom stereocenters. The van der Waals surface area contributed by atoms with Crippen molar-refractivity contribution in [1.82, 2.24) is 19.5 Å². The number of aliphatic hydroxyl groups is 1. The van der Waals surface area contributed by atoms with Crippen molar-refractivity contribution < 1.29 is 9.50 Å². The van der Waals surface area contributed by atoms with E-state index in [1.165, 1.54) is 6.20 Å². The number of aliphatic hydroxyl groups excluding tert-OH is 1. The molecule has 0 atom stereocenters. The average Bonchev–Trinajstić information content (AvgIpc) is 3.03. The van der Waals surface area contributed by atoms with Gasteiger partial charge in [-0.05, 0) is 45.0 Å². The predicted molar refractivity (Wildman–Crippen MR) is 106 cm³/mol. The maximum atomic E-state index is 14.4. The molecule has 7 nitrogen and oxygen atoms in total. The fourth-order valence-corrected chi connectivity index (χ4v) is 3.44. The van der Waals surface area contributed by atoms with E-state index in [0.717, 1.165) is 17.2 Å². The molecule has 1 saturated heterocycles. The van der Waals surface area contributed by atoms with E-state index < -0.39 is 5.82 Å². The Bertz CT molecular complexity index is 979. The van der Waals surface area contributed by atoms with Crippen molar-refractivity contribution in [1.29, 1.82) is 0 Å². The molecule has 0 spiro atoms. The summed E-state index contributed by atoms with van der Waals surface area (Å²) < 4.78 is 16.4. The number of hydrogen-bond acceptors (Lipinski definition) is 6. The molecule has 0 saturated carbocycles. The lowest BCUT2D eigenvalue weighted by Gasteiger charge is -2.37. The van der Waals surface area contributed by atoms with Gasteiger partial charge in [-0.15, -0.1) is 0 Å². The lowest BCUT2D eigenvalue weighted by molar-refractivity contribution is 0.142. The minimum atomic E-state index is -0.487. The van der Waals surface area contributed by atoms with Gasteiger partial charge < -0.3 is 19.9 Å². The first kappa shape index (κ1) is 18.4. The zero-order valence-corrected chi connectivity index (χ0v) is 16.1. The molecule has 3 heterocycles. The summed E-state index contributed by atoms with van der Waals surface area (Å²) in [4.78, 5) is 14.9. The number of aryl methyl sites for hydroxylation is 1. The summed E-state index contributed by atoms with van der Waals surface area (Å²) in [5.74, 6) is 0.640. The number of imidazole rings is 1. The van der Waals surface area contributed by atoms with E-state index in [2.05, 4.69) is 25.2 Å². The SMILES string of the molecule is Cc1ncc(-c2nc(Nc3ccc(N4CC(O)C4)cc3)ncc2F)n1C(C)C. The Morgan fingerprint density at radius 3 is 2.50 bits per heavy atom. The molecule has 1 aliphatic heterocycles. The van der Waals surface area contributed by atoms with Gasteiger partial charge in [0.25, 0.3) is 0 Å². The zero-order chi connectivity index (χ0) is 19.8. The standard InChI is InChI=1S/C20H23FN6O/c1-12(2)27-13(3)22-9-18(27)19-17(21)8-23-20(25-19)24-14-4-6-15(7-5-14)26-10-16(28)11-26/h4-9,12,16,28H,10-11H2,1-3H3,(H,23,24,25). The molecule has 28 heavy (non-hydrogen) atoms. The van der Waals surface area contributed by atoms with Crippen LogP contribution in [-0.4, -0.2) is 43.8 Å². The third kappa shape index (κ3) is 3.43. The number of β-amino-alcohol motifs (C(OH)–C–C–N with tert-alkyl or cyclic N) is 1. The minimum absolute atomic E-state index is 0.135. The molecule has 146 valence electrons. The number of nitrogens with zero attached hydrogens (tertiary/aromatic N) is 5. The molecule has 2 aromatic heterocycles. The summed E-state index contributed by atoms with van der Waals surface area (Å²) >= 11 is 0. The lowest BCUT2D eigenvalue weighted by Crippen LogP contribution is -2.50. The summed E-state index contributed by atoms with van der Waals surface area (Å²) in [5.41, 5.74) is 2.70. The number of rotatable bonds is 5. The van der Waals surface area contributed by atoms with Gasteiger partial charge in [-0.25, -0.2) is 19.3 Å². The second kappa shape index (κ2) is 7.20. The molecule has 0 radical (unpaired) electrons. The van der Waals surface area contributed by atoms with Crippen LogP contribution in [0.5, 0.6) is 0 Å². The Morgan fingerprint density at radius 2 is 1.86 bits per heavy atom. The highest BCUT2D eigenvalue weighted by Gasteiger charge is 2.24.